The molecule has 0 aliphatic carbocycles. The van der Waals surface area contributed by atoms with Crippen molar-refractivity contribution in [1.82, 2.24) is 10.6 Å². The molecule has 1 aliphatic rings. The van der Waals surface area contributed by atoms with Gasteiger partial charge in [0.05, 0.1) is 18.2 Å². The van der Waals surface area contributed by atoms with Gasteiger partial charge in [0.1, 0.15) is 0 Å². The van der Waals surface area contributed by atoms with Crippen LogP contribution in [-0.2, 0) is 9.53 Å². The van der Waals surface area contributed by atoms with Crippen molar-refractivity contribution >= 4 is 23.6 Å². The second kappa shape index (κ2) is 7.31. The van der Waals surface area contributed by atoms with Gasteiger partial charge in [-0.3, -0.25) is 0 Å². The number of hydrogen-bond donors (Lipinski definition) is 2. The Bertz CT molecular complexity index is 613. The minimum absolute atomic E-state index is 0.269. The normalized spacial score (nSPS) is 17.8. The van der Waals surface area contributed by atoms with Crippen molar-refractivity contribution in [2.24, 2.45) is 0 Å². The summed E-state index contributed by atoms with van der Waals surface area (Å²) in [5.41, 5.74) is 1.68. The van der Waals surface area contributed by atoms with Crippen LogP contribution in [0.25, 0.3) is 0 Å². The second-order valence-corrected chi connectivity index (χ2v) is 5.32. The summed E-state index contributed by atoms with van der Waals surface area (Å²) in [6, 6.07) is 6.19. The topological polar surface area (TPSA) is 67.4 Å². The van der Waals surface area contributed by atoms with E-state index in [0.29, 0.717) is 28.3 Å². The lowest BCUT2D eigenvalue weighted by Crippen LogP contribution is -2.46. The van der Waals surface area contributed by atoms with Crippen LogP contribution in [-0.4, -0.2) is 18.6 Å². The van der Waals surface area contributed by atoms with Gasteiger partial charge in [0.2, 0.25) is 0 Å². The van der Waals surface area contributed by atoms with Crippen LogP contribution < -0.4 is 10.6 Å². The first-order valence-corrected chi connectivity index (χ1v) is 7.68. The average Bonchev–Trinajstić information content (AvgIpc) is 2.47. The van der Waals surface area contributed by atoms with Gasteiger partial charge in [0.25, 0.3) is 0 Å². The second-order valence-electron chi connectivity index (χ2n) is 4.92. The number of rotatable bonds is 5. The molecule has 0 aromatic heterocycles. The average molecular weight is 323 g/mol. The number of esters is 1. The Morgan fingerprint density at radius 3 is 2.68 bits per heavy atom. The Morgan fingerprint density at radius 2 is 2.05 bits per heavy atom. The molecule has 0 saturated heterocycles. The van der Waals surface area contributed by atoms with Gasteiger partial charge in [-0.2, -0.15) is 0 Å². The first-order valence-electron chi connectivity index (χ1n) is 7.30. The summed E-state index contributed by atoms with van der Waals surface area (Å²) >= 11 is 6.23. The molecule has 0 bridgehead atoms. The van der Waals surface area contributed by atoms with Crippen molar-refractivity contribution in [3.8, 4) is 0 Å². The summed E-state index contributed by atoms with van der Waals surface area (Å²) in [6.07, 6.45) is 1.39. The van der Waals surface area contributed by atoms with E-state index in [2.05, 4.69) is 10.6 Å². The molecule has 2 N–H and O–H groups in total. The Balaban J connectivity index is 2.52. The van der Waals surface area contributed by atoms with Gasteiger partial charge in [-0.1, -0.05) is 43.1 Å². The van der Waals surface area contributed by atoms with Crippen molar-refractivity contribution in [3.05, 3.63) is 46.1 Å². The van der Waals surface area contributed by atoms with E-state index in [-0.39, 0.29) is 12.6 Å². The van der Waals surface area contributed by atoms with Gasteiger partial charge in [0, 0.05) is 10.7 Å². The van der Waals surface area contributed by atoms with E-state index in [1.54, 1.807) is 25.1 Å². The molecule has 0 unspecified atom stereocenters. The number of urea groups is 1. The maximum Gasteiger partial charge on any atom is 0.338 e. The first-order chi connectivity index (χ1) is 10.6. The lowest BCUT2D eigenvalue weighted by Gasteiger charge is -2.29. The van der Waals surface area contributed by atoms with E-state index < -0.39 is 12.0 Å². The zero-order valence-electron chi connectivity index (χ0n) is 12.6. The highest BCUT2D eigenvalue weighted by atomic mass is 35.5. The van der Waals surface area contributed by atoms with Crippen LogP contribution in [0.1, 0.15) is 38.3 Å². The number of halogens is 1. The maximum absolute atomic E-state index is 12.4. The number of carbonyl (C=O) groups excluding carboxylic acids is 2. The molecule has 22 heavy (non-hydrogen) atoms. The highest BCUT2D eigenvalue weighted by molar-refractivity contribution is 6.31. The first kappa shape index (κ1) is 16.4. The summed E-state index contributed by atoms with van der Waals surface area (Å²) < 4.78 is 5.15. The number of hydrogen-bond acceptors (Lipinski definition) is 3. The van der Waals surface area contributed by atoms with E-state index in [1.165, 1.54) is 0 Å². The van der Waals surface area contributed by atoms with Crippen LogP contribution in [0.2, 0.25) is 5.02 Å². The zero-order chi connectivity index (χ0) is 16.1. The molecule has 0 spiro atoms. The van der Waals surface area contributed by atoms with Crippen molar-refractivity contribution in [2.45, 2.75) is 32.7 Å². The molecule has 0 radical (unpaired) electrons. The minimum atomic E-state index is -0.608. The lowest BCUT2D eigenvalue weighted by atomic mass is 9.94. The molecular formula is C16H19ClN2O3. The predicted molar refractivity (Wildman–Crippen MR) is 84.4 cm³/mol. The third kappa shape index (κ3) is 3.42. The molecule has 2 rings (SSSR count). The third-order valence-corrected chi connectivity index (χ3v) is 3.71. The SMILES string of the molecule is CCCC1=C(C(=O)OCC)[C@@H](c2ccccc2Cl)NC(=O)N1. The van der Waals surface area contributed by atoms with Crippen LogP contribution in [0, 0.1) is 0 Å². The summed E-state index contributed by atoms with van der Waals surface area (Å²) in [5, 5.41) is 5.96. The van der Waals surface area contributed by atoms with Gasteiger partial charge in [0.15, 0.2) is 0 Å². The number of carbonyl (C=O) groups is 2. The summed E-state index contributed by atoms with van der Waals surface area (Å²) in [4.78, 5) is 24.3. The van der Waals surface area contributed by atoms with E-state index in [4.69, 9.17) is 16.3 Å². The molecule has 1 aliphatic heterocycles. The Kier molecular flexibility index (Phi) is 5.44. The van der Waals surface area contributed by atoms with Crippen molar-refractivity contribution in [1.29, 1.82) is 0 Å². The Morgan fingerprint density at radius 1 is 1.32 bits per heavy atom. The molecule has 2 amide bonds. The minimum Gasteiger partial charge on any atom is -0.463 e. The quantitative estimate of drug-likeness (QED) is 0.817. The monoisotopic (exact) mass is 322 g/mol. The van der Waals surface area contributed by atoms with Gasteiger partial charge < -0.3 is 15.4 Å². The molecule has 6 heteroatoms. The highest BCUT2D eigenvalue weighted by Gasteiger charge is 2.34. The molecule has 1 aromatic carbocycles. The van der Waals surface area contributed by atoms with E-state index in [0.717, 1.165) is 6.42 Å². The van der Waals surface area contributed by atoms with Gasteiger partial charge in [-0.15, -0.1) is 0 Å². The molecule has 1 atom stereocenters. The highest BCUT2D eigenvalue weighted by Crippen LogP contribution is 2.33. The van der Waals surface area contributed by atoms with Crippen LogP contribution in [0.3, 0.4) is 0 Å². The number of nitrogens with one attached hydrogen (secondary N) is 2. The predicted octanol–water partition coefficient (Wildman–Crippen LogP) is 3.31. The third-order valence-electron chi connectivity index (χ3n) is 3.37. The van der Waals surface area contributed by atoms with E-state index in [1.807, 2.05) is 13.0 Å². The molecule has 0 saturated carbocycles. The number of ether oxygens (including phenoxy) is 1. The number of amides is 2. The Labute approximate surface area is 134 Å². The van der Waals surface area contributed by atoms with E-state index >= 15 is 0 Å². The van der Waals surface area contributed by atoms with Gasteiger partial charge >= 0.3 is 12.0 Å². The molecule has 0 fully saturated rings. The smallest absolute Gasteiger partial charge is 0.338 e. The Hall–Kier alpha value is -2.01. The van der Waals surface area contributed by atoms with Crippen LogP contribution in [0.4, 0.5) is 4.79 Å². The van der Waals surface area contributed by atoms with Gasteiger partial charge in [-0.05, 0) is 25.0 Å². The number of benzene rings is 1. The lowest BCUT2D eigenvalue weighted by molar-refractivity contribution is -0.139. The van der Waals surface area contributed by atoms with Crippen LogP contribution >= 0.6 is 11.6 Å². The van der Waals surface area contributed by atoms with Crippen LogP contribution in [0.5, 0.6) is 0 Å². The molecule has 1 aromatic rings. The summed E-state index contributed by atoms with van der Waals surface area (Å²) in [5.74, 6) is -0.441. The fourth-order valence-corrected chi connectivity index (χ4v) is 2.70. The number of allylic oxidation sites excluding steroid dienone is 1. The molecule has 5 nitrogen and oxygen atoms in total. The molecular weight excluding hydrogens is 304 g/mol. The van der Waals surface area contributed by atoms with Crippen LogP contribution in [0.15, 0.2) is 35.5 Å². The molecule has 1 heterocycles. The maximum atomic E-state index is 12.4. The zero-order valence-corrected chi connectivity index (χ0v) is 13.4. The summed E-state index contributed by atoms with van der Waals surface area (Å²) in [7, 11) is 0. The fourth-order valence-electron chi connectivity index (χ4n) is 2.46. The summed E-state index contributed by atoms with van der Waals surface area (Å²) in [6.45, 7) is 4.00. The standard InChI is InChI=1S/C16H19ClN2O3/c1-3-7-12-13(15(20)22-4-2)14(19-16(21)18-12)10-8-5-6-9-11(10)17/h5-6,8-9,14H,3-4,7H2,1-2H3,(H2,18,19,21)/t14-/m1/s1. The van der Waals surface area contributed by atoms with Gasteiger partial charge in [-0.25, -0.2) is 9.59 Å². The van der Waals surface area contributed by atoms with E-state index in [9.17, 15) is 9.59 Å². The fraction of sp³-hybridized carbons (Fsp3) is 0.375. The van der Waals surface area contributed by atoms with Crippen molar-refractivity contribution < 1.29 is 14.3 Å². The molecule has 118 valence electrons. The van der Waals surface area contributed by atoms with Crippen molar-refractivity contribution in [3.63, 3.8) is 0 Å². The van der Waals surface area contributed by atoms with Crippen molar-refractivity contribution in [2.75, 3.05) is 6.61 Å². The largest absolute Gasteiger partial charge is 0.463 e.